The fourth-order valence-corrected chi connectivity index (χ4v) is 2.84. The number of piperidine rings is 2. The van der Waals surface area contributed by atoms with E-state index in [1.807, 2.05) is 0 Å². The highest BCUT2D eigenvalue weighted by atomic mass is 15.2. The Morgan fingerprint density at radius 2 is 2.14 bits per heavy atom. The van der Waals surface area contributed by atoms with Crippen LogP contribution in [-0.4, -0.2) is 37.1 Å². The highest BCUT2D eigenvalue weighted by Crippen LogP contribution is 2.20. The molecule has 2 atom stereocenters. The molecule has 2 aliphatic rings. The number of hydrogen-bond acceptors (Lipinski definition) is 2. The SMILES string of the molecule is CC1CCCCN1CC1CCCNC1. The molecule has 82 valence electrons. The van der Waals surface area contributed by atoms with Crippen LogP contribution >= 0.6 is 0 Å². The molecular weight excluding hydrogens is 172 g/mol. The van der Waals surface area contributed by atoms with Crippen molar-refractivity contribution < 1.29 is 0 Å². The van der Waals surface area contributed by atoms with Crippen molar-refractivity contribution in [2.75, 3.05) is 26.2 Å². The van der Waals surface area contributed by atoms with Crippen LogP contribution in [0.2, 0.25) is 0 Å². The number of nitrogens with zero attached hydrogens (tertiary/aromatic N) is 1. The fourth-order valence-electron chi connectivity index (χ4n) is 2.84. The van der Waals surface area contributed by atoms with E-state index in [1.54, 1.807) is 0 Å². The molecule has 2 saturated heterocycles. The molecule has 2 rings (SSSR count). The average Bonchev–Trinajstić information content (AvgIpc) is 2.23. The molecule has 2 unspecified atom stereocenters. The number of hydrogen-bond donors (Lipinski definition) is 1. The van der Waals surface area contributed by atoms with Crippen LogP contribution in [0.3, 0.4) is 0 Å². The summed E-state index contributed by atoms with van der Waals surface area (Å²) in [5.74, 6) is 0.921. The molecule has 1 N–H and O–H groups in total. The first kappa shape index (κ1) is 10.4. The molecule has 2 heterocycles. The van der Waals surface area contributed by atoms with Gasteiger partial charge >= 0.3 is 0 Å². The summed E-state index contributed by atoms with van der Waals surface area (Å²) >= 11 is 0. The van der Waals surface area contributed by atoms with E-state index in [-0.39, 0.29) is 0 Å². The second-order valence-electron chi connectivity index (χ2n) is 5.05. The summed E-state index contributed by atoms with van der Waals surface area (Å²) in [5, 5.41) is 3.51. The third-order valence-electron chi connectivity index (χ3n) is 3.83. The molecule has 0 aliphatic carbocycles. The average molecular weight is 196 g/mol. The quantitative estimate of drug-likeness (QED) is 0.725. The predicted molar refractivity (Wildman–Crippen MR) is 60.5 cm³/mol. The van der Waals surface area contributed by atoms with Gasteiger partial charge in [-0.2, -0.15) is 0 Å². The zero-order chi connectivity index (χ0) is 9.80. The maximum atomic E-state index is 3.51. The molecule has 2 aliphatic heterocycles. The van der Waals surface area contributed by atoms with Gasteiger partial charge in [0.2, 0.25) is 0 Å². The number of rotatable bonds is 2. The lowest BCUT2D eigenvalue weighted by atomic mass is 9.96. The Hall–Kier alpha value is -0.0800. The lowest BCUT2D eigenvalue weighted by Crippen LogP contribution is -2.44. The monoisotopic (exact) mass is 196 g/mol. The zero-order valence-electron chi connectivity index (χ0n) is 9.47. The first-order chi connectivity index (χ1) is 6.86. The van der Waals surface area contributed by atoms with Gasteiger partial charge in [0, 0.05) is 12.6 Å². The van der Waals surface area contributed by atoms with E-state index < -0.39 is 0 Å². The Morgan fingerprint density at radius 3 is 2.86 bits per heavy atom. The molecule has 0 aromatic carbocycles. The van der Waals surface area contributed by atoms with Gasteiger partial charge in [-0.1, -0.05) is 6.42 Å². The van der Waals surface area contributed by atoms with Gasteiger partial charge in [-0.3, -0.25) is 0 Å². The summed E-state index contributed by atoms with van der Waals surface area (Å²) in [4.78, 5) is 2.71. The smallest absolute Gasteiger partial charge is 0.00670 e. The van der Waals surface area contributed by atoms with Gasteiger partial charge < -0.3 is 10.2 Å². The molecule has 0 aromatic rings. The summed E-state index contributed by atoms with van der Waals surface area (Å²) in [6, 6.07) is 0.839. The van der Waals surface area contributed by atoms with E-state index in [9.17, 15) is 0 Å². The Labute approximate surface area is 88.1 Å². The molecule has 0 amide bonds. The van der Waals surface area contributed by atoms with Crippen LogP contribution in [-0.2, 0) is 0 Å². The topological polar surface area (TPSA) is 15.3 Å². The first-order valence-corrected chi connectivity index (χ1v) is 6.31. The van der Waals surface area contributed by atoms with Crippen LogP contribution in [0, 0.1) is 5.92 Å². The maximum absolute atomic E-state index is 3.51. The van der Waals surface area contributed by atoms with Crippen molar-refractivity contribution >= 4 is 0 Å². The molecule has 0 radical (unpaired) electrons. The van der Waals surface area contributed by atoms with Gasteiger partial charge in [0.25, 0.3) is 0 Å². The molecule has 2 nitrogen and oxygen atoms in total. The molecular formula is C12H24N2. The standard InChI is InChI=1S/C12H24N2/c1-11-5-2-3-8-14(11)10-12-6-4-7-13-9-12/h11-13H,2-10H2,1H3. The number of likely N-dealkylation sites (tertiary alicyclic amines) is 1. The van der Waals surface area contributed by atoms with Gasteiger partial charge in [-0.15, -0.1) is 0 Å². The van der Waals surface area contributed by atoms with E-state index in [0.717, 1.165) is 12.0 Å². The highest BCUT2D eigenvalue weighted by molar-refractivity contribution is 4.78. The van der Waals surface area contributed by atoms with Crippen molar-refractivity contribution in [3.63, 3.8) is 0 Å². The van der Waals surface area contributed by atoms with Gasteiger partial charge in [0.1, 0.15) is 0 Å². The minimum absolute atomic E-state index is 0.839. The van der Waals surface area contributed by atoms with E-state index in [1.165, 1.54) is 58.3 Å². The minimum Gasteiger partial charge on any atom is -0.316 e. The third kappa shape index (κ3) is 2.71. The molecule has 0 aromatic heterocycles. The second kappa shape index (κ2) is 5.13. The Balaban J connectivity index is 1.76. The number of nitrogens with one attached hydrogen (secondary N) is 1. The molecule has 2 heteroatoms. The third-order valence-corrected chi connectivity index (χ3v) is 3.83. The lowest BCUT2D eigenvalue weighted by Gasteiger charge is -2.37. The van der Waals surface area contributed by atoms with Crippen LogP contribution in [0.5, 0.6) is 0 Å². The van der Waals surface area contributed by atoms with Crippen molar-refractivity contribution in [1.29, 1.82) is 0 Å². The summed E-state index contributed by atoms with van der Waals surface area (Å²) in [6.07, 6.45) is 7.11. The van der Waals surface area contributed by atoms with Gasteiger partial charge in [0.05, 0.1) is 0 Å². The first-order valence-electron chi connectivity index (χ1n) is 6.31. The Morgan fingerprint density at radius 1 is 1.21 bits per heavy atom. The molecule has 0 saturated carbocycles. The van der Waals surface area contributed by atoms with E-state index in [2.05, 4.69) is 17.1 Å². The van der Waals surface area contributed by atoms with E-state index in [4.69, 9.17) is 0 Å². The van der Waals surface area contributed by atoms with Crippen molar-refractivity contribution in [2.45, 2.75) is 45.1 Å². The van der Waals surface area contributed by atoms with Crippen LogP contribution in [0.1, 0.15) is 39.0 Å². The lowest BCUT2D eigenvalue weighted by molar-refractivity contribution is 0.127. The van der Waals surface area contributed by atoms with Crippen LogP contribution in [0.15, 0.2) is 0 Å². The predicted octanol–water partition coefficient (Wildman–Crippen LogP) is 1.86. The zero-order valence-corrected chi connectivity index (χ0v) is 9.47. The fraction of sp³-hybridized carbons (Fsp3) is 1.00. The van der Waals surface area contributed by atoms with Crippen molar-refractivity contribution in [1.82, 2.24) is 10.2 Å². The van der Waals surface area contributed by atoms with Crippen molar-refractivity contribution in [3.05, 3.63) is 0 Å². The van der Waals surface area contributed by atoms with Gasteiger partial charge in [-0.25, -0.2) is 0 Å². The van der Waals surface area contributed by atoms with Crippen molar-refractivity contribution in [2.24, 2.45) is 5.92 Å². The Bertz CT molecular complexity index is 164. The van der Waals surface area contributed by atoms with Crippen molar-refractivity contribution in [3.8, 4) is 0 Å². The molecule has 14 heavy (non-hydrogen) atoms. The molecule has 0 spiro atoms. The van der Waals surface area contributed by atoms with Crippen LogP contribution in [0.4, 0.5) is 0 Å². The van der Waals surface area contributed by atoms with E-state index >= 15 is 0 Å². The summed E-state index contributed by atoms with van der Waals surface area (Å²) in [6.45, 7) is 7.58. The van der Waals surface area contributed by atoms with Gasteiger partial charge in [-0.05, 0) is 58.2 Å². The largest absolute Gasteiger partial charge is 0.316 e. The maximum Gasteiger partial charge on any atom is 0.00670 e. The minimum atomic E-state index is 0.839. The Kier molecular flexibility index (Phi) is 3.82. The summed E-state index contributed by atoms with van der Waals surface area (Å²) < 4.78 is 0. The summed E-state index contributed by atoms with van der Waals surface area (Å²) in [7, 11) is 0. The molecule has 0 bridgehead atoms. The summed E-state index contributed by atoms with van der Waals surface area (Å²) in [5.41, 5.74) is 0. The second-order valence-corrected chi connectivity index (χ2v) is 5.05. The van der Waals surface area contributed by atoms with Crippen LogP contribution < -0.4 is 5.32 Å². The molecule has 2 fully saturated rings. The van der Waals surface area contributed by atoms with Gasteiger partial charge in [0.15, 0.2) is 0 Å². The highest BCUT2D eigenvalue weighted by Gasteiger charge is 2.22. The van der Waals surface area contributed by atoms with E-state index in [0.29, 0.717) is 0 Å². The normalized spacial score (nSPS) is 35.8. The van der Waals surface area contributed by atoms with Crippen LogP contribution in [0.25, 0.3) is 0 Å².